The molecule has 2 heterocycles. The maximum Gasteiger partial charge on any atom is 0.419 e. The molecule has 4 aromatic rings. The van der Waals surface area contributed by atoms with Crippen molar-refractivity contribution in [1.29, 1.82) is 0 Å². The largest absolute Gasteiger partial charge is 0.496 e. The fourth-order valence-electron chi connectivity index (χ4n) is 5.44. The number of halogens is 7. The number of anilines is 3. The molecule has 1 fully saturated rings. The van der Waals surface area contributed by atoms with Gasteiger partial charge in [-0.25, -0.2) is 4.39 Å². The van der Waals surface area contributed by atoms with Crippen LogP contribution in [0.25, 0.3) is 10.1 Å². The minimum absolute atomic E-state index is 0.00556. The lowest BCUT2D eigenvalue weighted by molar-refractivity contribution is -0.140. The number of benzene rings is 3. The Balaban J connectivity index is 1.50. The third-order valence-corrected chi connectivity index (χ3v) is 8.92. The van der Waals surface area contributed by atoms with E-state index in [9.17, 15) is 45.1 Å². The van der Waals surface area contributed by atoms with E-state index in [1.54, 1.807) is 12.1 Å². The Bertz CT molecular complexity index is 1910. The number of alkyl halides is 6. The van der Waals surface area contributed by atoms with E-state index in [1.165, 1.54) is 13.2 Å². The Labute approximate surface area is 278 Å². The highest BCUT2D eigenvalue weighted by atomic mass is 32.1. The van der Waals surface area contributed by atoms with Gasteiger partial charge in [-0.3, -0.25) is 14.4 Å². The lowest BCUT2D eigenvalue weighted by atomic mass is 10.0. The summed E-state index contributed by atoms with van der Waals surface area (Å²) in [4.78, 5) is 40.2. The van der Waals surface area contributed by atoms with Crippen LogP contribution in [0.1, 0.15) is 44.0 Å². The van der Waals surface area contributed by atoms with Gasteiger partial charge in [0.15, 0.2) is 0 Å². The summed E-state index contributed by atoms with van der Waals surface area (Å²) in [6.45, 7) is 1.11. The first-order valence-electron chi connectivity index (χ1n) is 14.6. The van der Waals surface area contributed by atoms with Crippen molar-refractivity contribution in [2.45, 2.75) is 31.2 Å². The number of carbonyl (C=O) groups is 3. The molecule has 0 saturated carbocycles. The van der Waals surface area contributed by atoms with Crippen molar-refractivity contribution >= 4 is 56.2 Å². The van der Waals surface area contributed by atoms with Gasteiger partial charge in [0.2, 0.25) is 5.91 Å². The third kappa shape index (κ3) is 8.05. The van der Waals surface area contributed by atoms with E-state index in [4.69, 9.17) is 10.5 Å². The van der Waals surface area contributed by atoms with Gasteiger partial charge in [0.1, 0.15) is 16.4 Å². The zero-order valence-corrected chi connectivity index (χ0v) is 26.3. The molecule has 5 N–H and O–H groups in total. The SMILES string of the molecule is COc1ccc(N2CCCC(NCC(N)=O)C2)cc1C(=O)Nc1c(C(=O)Nc2ccc(F)c(C(F)(F)F)c2)sc2cc(C(F)(F)F)ccc12. The molecule has 3 aromatic carbocycles. The van der Waals surface area contributed by atoms with Gasteiger partial charge in [-0.15, -0.1) is 11.3 Å². The van der Waals surface area contributed by atoms with Gasteiger partial charge in [0.05, 0.1) is 36.0 Å². The monoisotopic (exact) mass is 711 g/mol. The highest BCUT2D eigenvalue weighted by Gasteiger charge is 2.35. The van der Waals surface area contributed by atoms with Crippen LogP contribution in [0.4, 0.5) is 47.8 Å². The van der Waals surface area contributed by atoms with E-state index < -0.39 is 52.7 Å². The molecule has 49 heavy (non-hydrogen) atoms. The second kappa shape index (κ2) is 13.9. The predicted molar refractivity (Wildman–Crippen MR) is 170 cm³/mol. The van der Waals surface area contributed by atoms with Gasteiger partial charge in [-0.1, -0.05) is 6.07 Å². The summed E-state index contributed by atoms with van der Waals surface area (Å²) in [7, 11) is 1.33. The average molecular weight is 712 g/mol. The number of carbonyl (C=O) groups excluding carboxylic acids is 3. The van der Waals surface area contributed by atoms with E-state index in [0.29, 0.717) is 42.2 Å². The number of amides is 3. The van der Waals surface area contributed by atoms with Crippen molar-refractivity contribution in [3.63, 3.8) is 0 Å². The van der Waals surface area contributed by atoms with E-state index >= 15 is 0 Å². The Morgan fingerprint density at radius 3 is 2.39 bits per heavy atom. The Hall–Kier alpha value is -4.90. The highest BCUT2D eigenvalue weighted by Crippen LogP contribution is 2.41. The first kappa shape index (κ1) is 35.4. The zero-order chi connectivity index (χ0) is 35.7. The number of fused-ring (bicyclic) bond motifs is 1. The van der Waals surface area contributed by atoms with E-state index in [0.717, 1.165) is 37.1 Å². The first-order chi connectivity index (χ1) is 23.0. The molecule has 3 amide bonds. The number of ether oxygens (including phenoxy) is 1. The predicted octanol–water partition coefficient (Wildman–Crippen LogP) is 6.63. The molecule has 0 radical (unpaired) electrons. The molecular formula is C32H28F7N5O4S. The number of rotatable bonds is 9. The van der Waals surface area contributed by atoms with Crippen LogP contribution in [0.3, 0.4) is 0 Å². The summed E-state index contributed by atoms with van der Waals surface area (Å²) >= 11 is 0.572. The number of nitrogens with zero attached hydrogens (tertiary/aromatic N) is 1. The molecule has 0 spiro atoms. The zero-order valence-electron chi connectivity index (χ0n) is 25.5. The number of thiophene rings is 1. The van der Waals surface area contributed by atoms with Gasteiger partial charge >= 0.3 is 12.4 Å². The van der Waals surface area contributed by atoms with Gasteiger partial charge in [-0.05, 0) is 61.4 Å². The number of piperidine rings is 1. The number of methoxy groups -OCH3 is 1. The Morgan fingerprint density at radius 2 is 1.71 bits per heavy atom. The van der Waals surface area contributed by atoms with Crippen molar-refractivity contribution in [3.8, 4) is 5.75 Å². The summed E-state index contributed by atoms with van der Waals surface area (Å²) in [6, 6.07) is 9.15. The molecule has 1 atom stereocenters. The fourth-order valence-corrected chi connectivity index (χ4v) is 6.53. The molecule has 17 heteroatoms. The molecule has 9 nitrogen and oxygen atoms in total. The number of primary amides is 1. The topological polar surface area (TPSA) is 126 Å². The van der Waals surface area contributed by atoms with Crippen LogP contribution in [-0.4, -0.2) is 50.5 Å². The maximum atomic E-state index is 13.9. The lowest BCUT2D eigenvalue weighted by Gasteiger charge is -2.35. The number of nitrogens with two attached hydrogens (primary N) is 1. The van der Waals surface area contributed by atoms with Crippen molar-refractivity contribution < 1.29 is 49.9 Å². The van der Waals surface area contributed by atoms with Crippen LogP contribution >= 0.6 is 11.3 Å². The first-order valence-corrected chi connectivity index (χ1v) is 15.4. The fraction of sp³-hybridized carbons (Fsp3) is 0.281. The quantitative estimate of drug-likeness (QED) is 0.145. The molecule has 1 aliphatic rings. The normalized spacial score (nSPS) is 15.3. The van der Waals surface area contributed by atoms with Crippen LogP contribution in [-0.2, 0) is 17.1 Å². The second-order valence-electron chi connectivity index (χ2n) is 11.1. The summed E-state index contributed by atoms with van der Waals surface area (Å²) in [5.74, 6) is -3.80. The minimum Gasteiger partial charge on any atom is -0.496 e. The molecule has 1 saturated heterocycles. The van der Waals surface area contributed by atoms with Gasteiger partial charge in [0, 0.05) is 40.6 Å². The smallest absolute Gasteiger partial charge is 0.419 e. The van der Waals surface area contributed by atoms with E-state index in [-0.39, 0.29) is 44.6 Å². The number of nitrogens with one attached hydrogen (secondary N) is 3. The molecule has 260 valence electrons. The van der Waals surface area contributed by atoms with Crippen LogP contribution in [0.15, 0.2) is 54.6 Å². The molecule has 5 rings (SSSR count). The summed E-state index contributed by atoms with van der Waals surface area (Å²) in [6.07, 6.45) is -8.25. The molecule has 1 unspecified atom stereocenters. The minimum atomic E-state index is -5.07. The number of hydrogen-bond acceptors (Lipinski definition) is 7. The van der Waals surface area contributed by atoms with Crippen LogP contribution in [0, 0.1) is 5.82 Å². The number of hydrogen-bond donors (Lipinski definition) is 4. The van der Waals surface area contributed by atoms with Crippen molar-refractivity contribution in [2.75, 3.05) is 42.3 Å². The summed E-state index contributed by atoms with van der Waals surface area (Å²) in [5, 5.41) is 7.95. The average Bonchev–Trinajstić information content (AvgIpc) is 3.41. The standard InChI is InChI=1S/C32H28F7N5O4S/c1-48-24-9-6-19(44-10-2-3-18(15-44)41-14-26(40)45)13-21(24)29(46)43-27-20-7-4-16(31(34,35)36)11-25(20)49-28(27)30(47)42-17-5-8-23(33)22(12-17)32(37,38)39/h4-9,11-13,18,41H,2-3,10,14-15H2,1H3,(H2,40,45)(H,42,47)(H,43,46). The molecule has 1 aliphatic heterocycles. The summed E-state index contributed by atoms with van der Waals surface area (Å²) in [5.41, 5.74) is 2.58. The maximum absolute atomic E-state index is 13.9. The van der Waals surface area contributed by atoms with Crippen LogP contribution in [0.2, 0.25) is 0 Å². The van der Waals surface area contributed by atoms with Crippen molar-refractivity contribution in [1.82, 2.24) is 5.32 Å². The van der Waals surface area contributed by atoms with Crippen molar-refractivity contribution in [3.05, 3.63) is 82.0 Å². The Morgan fingerprint density at radius 1 is 0.959 bits per heavy atom. The van der Waals surface area contributed by atoms with Crippen molar-refractivity contribution in [2.24, 2.45) is 5.73 Å². The highest BCUT2D eigenvalue weighted by molar-refractivity contribution is 7.21. The molecule has 1 aromatic heterocycles. The van der Waals surface area contributed by atoms with Gasteiger partial charge in [0.25, 0.3) is 11.8 Å². The molecule has 0 aliphatic carbocycles. The summed E-state index contributed by atoms with van der Waals surface area (Å²) < 4.78 is 99.7. The van der Waals surface area contributed by atoms with Gasteiger partial charge in [-0.2, -0.15) is 26.3 Å². The molecule has 0 bridgehead atoms. The lowest BCUT2D eigenvalue weighted by Crippen LogP contribution is -2.48. The second-order valence-corrected chi connectivity index (χ2v) is 12.2. The van der Waals surface area contributed by atoms with E-state index in [2.05, 4.69) is 16.0 Å². The van der Waals surface area contributed by atoms with E-state index in [1.807, 2.05) is 4.90 Å². The Kier molecular flexibility index (Phi) is 10.1. The third-order valence-electron chi connectivity index (χ3n) is 7.77. The van der Waals surface area contributed by atoms with Gasteiger partial charge < -0.3 is 31.3 Å². The molecular weight excluding hydrogens is 683 g/mol. The van der Waals surface area contributed by atoms with Crippen LogP contribution in [0.5, 0.6) is 5.75 Å². The van der Waals surface area contributed by atoms with Crippen LogP contribution < -0.4 is 31.3 Å².